The molecule has 158 valence electrons. The van der Waals surface area contributed by atoms with E-state index in [4.69, 9.17) is 9.47 Å². The quantitative estimate of drug-likeness (QED) is 0.209. The van der Waals surface area contributed by atoms with Gasteiger partial charge in [0, 0.05) is 44.7 Å². The fourth-order valence-electron chi connectivity index (χ4n) is 3.33. The molecular weight excluding hydrogens is 471 g/mol. The number of nitrogens with one attached hydrogen (secondary N) is 3. The highest BCUT2D eigenvalue weighted by molar-refractivity contribution is 14.0. The first kappa shape index (κ1) is 24.3. The molecule has 1 aliphatic carbocycles. The number of rotatable bonds is 9. The van der Waals surface area contributed by atoms with E-state index in [1.54, 1.807) is 21.3 Å². The summed E-state index contributed by atoms with van der Waals surface area (Å²) in [5.74, 6) is 2.92. The van der Waals surface area contributed by atoms with Gasteiger partial charge in [-0.2, -0.15) is 0 Å². The Bertz CT molecular complexity index is 634. The van der Waals surface area contributed by atoms with E-state index in [1.807, 2.05) is 18.2 Å². The highest BCUT2D eigenvalue weighted by Crippen LogP contribution is 2.27. The fraction of sp³-hybridized carbons (Fsp3) is 0.600. The number of hydrogen-bond acceptors (Lipinski definition) is 4. The molecule has 8 heteroatoms. The molecule has 2 rings (SSSR count). The number of hydrogen-bond donors (Lipinski definition) is 3. The third-order valence-corrected chi connectivity index (χ3v) is 4.85. The summed E-state index contributed by atoms with van der Waals surface area (Å²) in [5, 5.41) is 9.43. The van der Waals surface area contributed by atoms with Crippen molar-refractivity contribution in [1.82, 2.24) is 16.0 Å². The molecule has 0 bridgehead atoms. The van der Waals surface area contributed by atoms with Crippen molar-refractivity contribution in [3.63, 3.8) is 0 Å². The average Bonchev–Trinajstić information content (AvgIpc) is 3.20. The number of nitrogens with zero attached hydrogens (tertiary/aromatic N) is 1. The lowest BCUT2D eigenvalue weighted by molar-refractivity contribution is -0.121. The van der Waals surface area contributed by atoms with Crippen molar-refractivity contribution in [3.05, 3.63) is 23.8 Å². The Balaban J connectivity index is 0.00000392. The van der Waals surface area contributed by atoms with E-state index in [1.165, 1.54) is 25.7 Å². The van der Waals surface area contributed by atoms with Gasteiger partial charge in [0.1, 0.15) is 11.5 Å². The number of amides is 1. The van der Waals surface area contributed by atoms with Crippen molar-refractivity contribution >= 4 is 35.8 Å². The molecule has 1 aromatic carbocycles. The van der Waals surface area contributed by atoms with E-state index in [2.05, 4.69) is 20.9 Å². The molecule has 7 nitrogen and oxygen atoms in total. The number of carbonyl (C=O) groups excluding carboxylic acids is 1. The number of guanidine groups is 1. The molecule has 0 radical (unpaired) electrons. The molecule has 0 aromatic heterocycles. The normalized spacial score (nSPS) is 14.2. The second-order valence-electron chi connectivity index (χ2n) is 6.73. The number of halogens is 1. The van der Waals surface area contributed by atoms with Gasteiger partial charge in [-0.15, -0.1) is 24.0 Å². The molecule has 1 fully saturated rings. The highest BCUT2D eigenvalue weighted by atomic mass is 127. The predicted octanol–water partition coefficient (Wildman–Crippen LogP) is 2.68. The molecule has 28 heavy (non-hydrogen) atoms. The summed E-state index contributed by atoms with van der Waals surface area (Å²) in [6, 6.07) is 5.71. The summed E-state index contributed by atoms with van der Waals surface area (Å²) in [6.07, 6.45) is 5.57. The van der Waals surface area contributed by atoms with Crippen LogP contribution < -0.4 is 25.4 Å². The van der Waals surface area contributed by atoms with Crippen molar-refractivity contribution in [2.24, 2.45) is 10.9 Å². The van der Waals surface area contributed by atoms with Gasteiger partial charge in [0.15, 0.2) is 5.96 Å². The minimum absolute atomic E-state index is 0. The largest absolute Gasteiger partial charge is 0.497 e. The maximum absolute atomic E-state index is 11.9. The summed E-state index contributed by atoms with van der Waals surface area (Å²) in [6.45, 7) is 1.77. The molecule has 1 saturated carbocycles. The first-order chi connectivity index (χ1) is 13.2. The Morgan fingerprint density at radius 2 is 1.82 bits per heavy atom. The fourth-order valence-corrected chi connectivity index (χ4v) is 3.33. The SMILES string of the molecule is CN=C(NCCNC(=O)CC1CCCC1)NCc1ccc(OC)cc1OC.I. The summed E-state index contributed by atoms with van der Waals surface area (Å²) in [7, 11) is 4.99. The number of methoxy groups -OCH3 is 2. The number of ether oxygens (including phenoxy) is 2. The van der Waals surface area contributed by atoms with Crippen LogP contribution >= 0.6 is 24.0 Å². The number of carbonyl (C=O) groups is 1. The van der Waals surface area contributed by atoms with E-state index in [-0.39, 0.29) is 29.9 Å². The van der Waals surface area contributed by atoms with Gasteiger partial charge in [-0.1, -0.05) is 12.8 Å². The first-order valence-corrected chi connectivity index (χ1v) is 9.58. The summed E-state index contributed by atoms with van der Waals surface area (Å²) < 4.78 is 10.6. The standard InChI is InChI=1S/C20H32N4O3.HI/c1-21-20(23-11-10-22-19(25)12-15-6-4-5-7-15)24-14-16-8-9-17(26-2)13-18(16)27-3;/h8-9,13,15H,4-7,10-12,14H2,1-3H3,(H,22,25)(H2,21,23,24);1H. The van der Waals surface area contributed by atoms with Crippen LogP contribution in [0.5, 0.6) is 11.5 Å². The Kier molecular flexibility index (Phi) is 11.7. The van der Waals surface area contributed by atoms with Gasteiger partial charge < -0.3 is 25.4 Å². The Morgan fingerprint density at radius 1 is 1.11 bits per heavy atom. The second kappa shape index (κ2) is 13.5. The molecule has 0 heterocycles. The molecule has 1 aliphatic rings. The Hall–Kier alpha value is -1.71. The molecule has 0 saturated heterocycles. The minimum atomic E-state index is 0. The van der Waals surface area contributed by atoms with E-state index >= 15 is 0 Å². The zero-order chi connectivity index (χ0) is 19.5. The van der Waals surface area contributed by atoms with Gasteiger partial charge in [-0.05, 0) is 30.9 Å². The molecule has 0 spiro atoms. The van der Waals surface area contributed by atoms with Gasteiger partial charge in [-0.25, -0.2) is 0 Å². The van der Waals surface area contributed by atoms with Crippen molar-refractivity contribution in [2.45, 2.75) is 38.6 Å². The van der Waals surface area contributed by atoms with Gasteiger partial charge >= 0.3 is 0 Å². The number of benzene rings is 1. The molecule has 3 N–H and O–H groups in total. The molecular formula is C20H33IN4O3. The molecule has 1 aromatic rings. The minimum Gasteiger partial charge on any atom is -0.497 e. The van der Waals surface area contributed by atoms with Crippen LogP contribution in [0.2, 0.25) is 0 Å². The topological polar surface area (TPSA) is 84.0 Å². The average molecular weight is 504 g/mol. The van der Waals surface area contributed by atoms with Crippen LogP contribution in [-0.4, -0.2) is 46.2 Å². The van der Waals surface area contributed by atoms with Crippen molar-refractivity contribution in [1.29, 1.82) is 0 Å². The summed E-state index contributed by atoms with van der Waals surface area (Å²) in [4.78, 5) is 16.1. The van der Waals surface area contributed by atoms with Gasteiger partial charge in [0.25, 0.3) is 0 Å². The third kappa shape index (κ3) is 8.12. The van der Waals surface area contributed by atoms with E-state index < -0.39 is 0 Å². The van der Waals surface area contributed by atoms with Crippen LogP contribution in [0.1, 0.15) is 37.7 Å². The van der Waals surface area contributed by atoms with E-state index in [0.29, 0.717) is 37.9 Å². The maximum atomic E-state index is 11.9. The van der Waals surface area contributed by atoms with Crippen LogP contribution in [0.4, 0.5) is 0 Å². The lowest BCUT2D eigenvalue weighted by atomic mass is 10.0. The highest BCUT2D eigenvalue weighted by Gasteiger charge is 2.17. The summed E-state index contributed by atoms with van der Waals surface area (Å²) in [5.41, 5.74) is 1.01. The Labute approximate surface area is 185 Å². The van der Waals surface area contributed by atoms with Crippen LogP contribution in [0.3, 0.4) is 0 Å². The molecule has 0 aliphatic heterocycles. The summed E-state index contributed by atoms with van der Waals surface area (Å²) >= 11 is 0. The molecule has 1 amide bonds. The van der Waals surface area contributed by atoms with Gasteiger partial charge in [0.2, 0.25) is 5.91 Å². The zero-order valence-electron chi connectivity index (χ0n) is 17.0. The van der Waals surface area contributed by atoms with Crippen LogP contribution in [0, 0.1) is 5.92 Å². The maximum Gasteiger partial charge on any atom is 0.220 e. The number of aliphatic imine (C=N–C) groups is 1. The van der Waals surface area contributed by atoms with E-state index in [9.17, 15) is 4.79 Å². The second-order valence-corrected chi connectivity index (χ2v) is 6.73. The predicted molar refractivity (Wildman–Crippen MR) is 123 cm³/mol. The molecule has 0 atom stereocenters. The van der Waals surface area contributed by atoms with Crippen molar-refractivity contribution in [2.75, 3.05) is 34.4 Å². The van der Waals surface area contributed by atoms with Crippen molar-refractivity contribution in [3.8, 4) is 11.5 Å². The van der Waals surface area contributed by atoms with Gasteiger partial charge in [-0.3, -0.25) is 9.79 Å². The van der Waals surface area contributed by atoms with Crippen LogP contribution in [-0.2, 0) is 11.3 Å². The zero-order valence-corrected chi connectivity index (χ0v) is 19.4. The monoisotopic (exact) mass is 504 g/mol. The first-order valence-electron chi connectivity index (χ1n) is 9.58. The smallest absolute Gasteiger partial charge is 0.220 e. The third-order valence-electron chi connectivity index (χ3n) is 4.85. The molecule has 0 unspecified atom stereocenters. The lowest BCUT2D eigenvalue weighted by Gasteiger charge is -2.15. The lowest BCUT2D eigenvalue weighted by Crippen LogP contribution is -2.41. The van der Waals surface area contributed by atoms with Crippen LogP contribution in [0.15, 0.2) is 23.2 Å². The Morgan fingerprint density at radius 3 is 2.46 bits per heavy atom. The van der Waals surface area contributed by atoms with E-state index in [0.717, 1.165) is 17.1 Å². The van der Waals surface area contributed by atoms with Crippen molar-refractivity contribution < 1.29 is 14.3 Å². The van der Waals surface area contributed by atoms with Crippen LogP contribution in [0.25, 0.3) is 0 Å². The van der Waals surface area contributed by atoms with Gasteiger partial charge in [0.05, 0.1) is 14.2 Å².